The third kappa shape index (κ3) is 2.57. The highest BCUT2D eigenvalue weighted by Gasteiger charge is 2.10. The van der Waals surface area contributed by atoms with Crippen LogP contribution in [0.1, 0.15) is 0 Å². The second-order valence-corrected chi connectivity index (χ2v) is 5.39. The lowest BCUT2D eigenvalue weighted by molar-refractivity contribution is 1.06. The fraction of sp³-hybridized carbons (Fsp3) is 0. The molecule has 0 bridgehead atoms. The Labute approximate surface area is 130 Å². The van der Waals surface area contributed by atoms with Crippen LogP contribution in [-0.2, 0) is 0 Å². The average molecular weight is 349 g/mol. The van der Waals surface area contributed by atoms with E-state index in [1.54, 1.807) is 6.20 Å². The SMILES string of the molecule is Clc1cccc(-n2ccnc2Nc2ccccc2)c1Br. The third-order valence-electron chi connectivity index (χ3n) is 2.86. The van der Waals surface area contributed by atoms with Gasteiger partial charge >= 0.3 is 0 Å². The second kappa shape index (κ2) is 5.69. The van der Waals surface area contributed by atoms with Crippen LogP contribution in [0.25, 0.3) is 5.69 Å². The van der Waals surface area contributed by atoms with E-state index in [-0.39, 0.29) is 0 Å². The highest BCUT2D eigenvalue weighted by molar-refractivity contribution is 9.10. The van der Waals surface area contributed by atoms with Crippen LogP contribution in [0.5, 0.6) is 0 Å². The molecule has 0 radical (unpaired) electrons. The van der Waals surface area contributed by atoms with E-state index >= 15 is 0 Å². The molecule has 0 saturated heterocycles. The van der Waals surface area contributed by atoms with Crippen LogP contribution >= 0.6 is 27.5 Å². The van der Waals surface area contributed by atoms with E-state index in [4.69, 9.17) is 11.6 Å². The molecule has 5 heteroatoms. The van der Waals surface area contributed by atoms with Crippen LogP contribution in [0.2, 0.25) is 5.02 Å². The van der Waals surface area contributed by atoms with Gasteiger partial charge in [0.15, 0.2) is 0 Å². The lowest BCUT2D eigenvalue weighted by atomic mass is 10.3. The van der Waals surface area contributed by atoms with Crippen molar-refractivity contribution >= 4 is 39.2 Å². The Morgan fingerprint density at radius 1 is 1.05 bits per heavy atom. The summed E-state index contributed by atoms with van der Waals surface area (Å²) < 4.78 is 2.79. The quantitative estimate of drug-likeness (QED) is 0.719. The van der Waals surface area contributed by atoms with Crippen molar-refractivity contribution in [1.82, 2.24) is 9.55 Å². The Morgan fingerprint density at radius 2 is 1.85 bits per heavy atom. The maximum Gasteiger partial charge on any atom is 0.212 e. The topological polar surface area (TPSA) is 29.9 Å². The van der Waals surface area contributed by atoms with E-state index in [9.17, 15) is 0 Å². The molecule has 0 fully saturated rings. The molecule has 1 heterocycles. The molecule has 1 N–H and O–H groups in total. The number of rotatable bonds is 3. The van der Waals surface area contributed by atoms with Gasteiger partial charge in [0.1, 0.15) is 0 Å². The molecule has 3 rings (SSSR count). The average Bonchev–Trinajstić information content (AvgIpc) is 2.91. The maximum absolute atomic E-state index is 6.14. The predicted octanol–water partition coefficient (Wildman–Crippen LogP) is 5.03. The molecular formula is C15H11BrClN3. The number of nitrogens with one attached hydrogen (secondary N) is 1. The molecule has 0 aliphatic rings. The first kappa shape index (κ1) is 13.2. The van der Waals surface area contributed by atoms with Gasteiger partial charge in [-0.25, -0.2) is 4.98 Å². The number of anilines is 2. The van der Waals surface area contributed by atoms with Crippen molar-refractivity contribution in [1.29, 1.82) is 0 Å². The van der Waals surface area contributed by atoms with Crippen LogP contribution in [0.3, 0.4) is 0 Å². The second-order valence-electron chi connectivity index (χ2n) is 4.18. The zero-order chi connectivity index (χ0) is 13.9. The standard InChI is InChI=1S/C15H11BrClN3/c16-14-12(17)7-4-8-13(14)20-10-9-18-15(20)19-11-5-2-1-3-6-11/h1-10H,(H,18,19). The van der Waals surface area contributed by atoms with Crippen LogP contribution in [0, 0.1) is 0 Å². The predicted molar refractivity (Wildman–Crippen MR) is 86.0 cm³/mol. The minimum atomic E-state index is 0.668. The molecule has 3 nitrogen and oxygen atoms in total. The first-order valence-electron chi connectivity index (χ1n) is 6.05. The molecule has 0 spiro atoms. The van der Waals surface area contributed by atoms with Crippen LogP contribution < -0.4 is 5.32 Å². The minimum Gasteiger partial charge on any atom is -0.325 e. The van der Waals surface area contributed by atoms with Gasteiger partial charge in [0.2, 0.25) is 5.95 Å². The summed E-state index contributed by atoms with van der Waals surface area (Å²) in [5.74, 6) is 0.735. The molecule has 0 amide bonds. The van der Waals surface area contributed by atoms with Crippen LogP contribution in [-0.4, -0.2) is 9.55 Å². The van der Waals surface area contributed by atoms with Gasteiger partial charge in [-0.05, 0) is 40.2 Å². The summed E-state index contributed by atoms with van der Waals surface area (Å²) in [6, 6.07) is 15.7. The third-order valence-corrected chi connectivity index (χ3v) is 4.24. The summed E-state index contributed by atoms with van der Waals surface area (Å²) in [5.41, 5.74) is 1.92. The first-order chi connectivity index (χ1) is 9.75. The fourth-order valence-corrected chi connectivity index (χ4v) is 2.54. The Hall–Kier alpha value is -1.78. The Bertz CT molecular complexity index is 725. The van der Waals surface area contributed by atoms with Crippen molar-refractivity contribution in [2.24, 2.45) is 0 Å². The molecule has 0 unspecified atom stereocenters. The van der Waals surface area contributed by atoms with Gasteiger partial charge in [0.25, 0.3) is 0 Å². The van der Waals surface area contributed by atoms with Crippen molar-refractivity contribution < 1.29 is 0 Å². The van der Waals surface area contributed by atoms with E-state index in [1.807, 2.05) is 59.3 Å². The monoisotopic (exact) mass is 347 g/mol. The lowest BCUT2D eigenvalue weighted by Gasteiger charge is -2.12. The van der Waals surface area contributed by atoms with Gasteiger partial charge in [0.05, 0.1) is 15.2 Å². The molecule has 0 atom stereocenters. The molecule has 0 saturated carbocycles. The summed E-state index contributed by atoms with van der Waals surface area (Å²) in [6.07, 6.45) is 3.64. The van der Waals surface area contributed by atoms with Crippen LogP contribution in [0.4, 0.5) is 11.6 Å². The number of nitrogens with zero attached hydrogens (tertiary/aromatic N) is 2. The maximum atomic E-state index is 6.14. The fourth-order valence-electron chi connectivity index (χ4n) is 1.92. The van der Waals surface area contributed by atoms with Gasteiger partial charge in [-0.1, -0.05) is 35.9 Å². The van der Waals surface area contributed by atoms with E-state index in [2.05, 4.69) is 26.2 Å². The van der Waals surface area contributed by atoms with Crippen molar-refractivity contribution in [2.45, 2.75) is 0 Å². The molecular weight excluding hydrogens is 338 g/mol. The molecule has 100 valence electrons. The number of imidazole rings is 1. The number of hydrogen-bond acceptors (Lipinski definition) is 2. The van der Waals surface area contributed by atoms with E-state index < -0.39 is 0 Å². The van der Waals surface area contributed by atoms with Crippen molar-refractivity contribution in [3.63, 3.8) is 0 Å². The van der Waals surface area contributed by atoms with E-state index in [1.165, 1.54) is 0 Å². The first-order valence-corrected chi connectivity index (χ1v) is 7.22. The highest BCUT2D eigenvalue weighted by Crippen LogP contribution is 2.31. The van der Waals surface area contributed by atoms with Crippen molar-refractivity contribution in [3.05, 3.63) is 70.4 Å². The zero-order valence-electron chi connectivity index (χ0n) is 10.4. The summed E-state index contributed by atoms with van der Waals surface area (Å²) in [4.78, 5) is 4.35. The molecule has 1 aromatic heterocycles. The summed E-state index contributed by atoms with van der Waals surface area (Å²) in [6.45, 7) is 0. The lowest BCUT2D eigenvalue weighted by Crippen LogP contribution is -2.01. The molecule has 3 aromatic rings. The summed E-state index contributed by atoms with van der Waals surface area (Å²) in [5, 5.41) is 3.95. The van der Waals surface area contributed by atoms with Gasteiger partial charge in [-0.15, -0.1) is 0 Å². The van der Waals surface area contributed by atoms with Gasteiger partial charge < -0.3 is 5.32 Å². The van der Waals surface area contributed by atoms with Gasteiger partial charge in [0, 0.05) is 18.1 Å². The summed E-state index contributed by atoms with van der Waals surface area (Å²) >= 11 is 9.66. The van der Waals surface area contributed by atoms with Crippen LogP contribution in [0.15, 0.2) is 65.4 Å². The van der Waals surface area contributed by atoms with Gasteiger partial charge in [-0.2, -0.15) is 0 Å². The number of benzene rings is 2. The summed E-state index contributed by atoms with van der Waals surface area (Å²) in [7, 11) is 0. The Balaban J connectivity index is 2.00. The minimum absolute atomic E-state index is 0.668. The number of halogens is 2. The number of hydrogen-bond donors (Lipinski definition) is 1. The Kier molecular flexibility index (Phi) is 3.76. The van der Waals surface area contributed by atoms with E-state index in [0.29, 0.717) is 5.02 Å². The van der Waals surface area contributed by atoms with Crippen molar-refractivity contribution in [3.8, 4) is 5.69 Å². The molecule has 2 aromatic carbocycles. The number of para-hydroxylation sites is 1. The van der Waals surface area contributed by atoms with E-state index in [0.717, 1.165) is 21.8 Å². The largest absolute Gasteiger partial charge is 0.325 e. The number of aromatic nitrogens is 2. The normalized spacial score (nSPS) is 10.5. The molecule has 0 aliphatic carbocycles. The van der Waals surface area contributed by atoms with Crippen molar-refractivity contribution in [2.75, 3.05) is 5.32 Å². The zero-order valence-corrected chi connectivity index (χ0v) is 12.8. The smallest absolute Gasteiger partial charge is 0.212 e. The molecule has 20 heavy (non-hydrogen) atoms. The molecule has 0 aliphatic heterocycles. The Morgan fingerprint density at radius 3 is 2.65 bits per heavy atom. The highest BCUT2D eigenvalue weighted by atomic mass is 79.9. The van der Waals surface area contributed by atoms with Gasteiger partial charge in [-0.3, -0.25) is 4.57 Å².